The minimum absolute atomic E-state index is 0. The summed E-state index contributed by atoms with van der Waals surface area (Å²) in [6.45, 7) is 12.6. The van der Waals surface area contributed by atoms with Gasteiger partial charge in [-0.1, -0.05) is 40.0 Å². The lowest BCUT2D eigenvalue weighted by molar-refractivity contribution is -0.929. The second kappa shape index (κ2) is 14.3. The number of hydrogen-bond donors (Lipinski definition) is 1. The molecule has 19 heavy (non-hydrogen) atoms. The van der Waals surface area contributed by atoms with Crippen LogP contribution in [0.15, 0.2) is 0 Å². The molecule has 0 fully saturated rings. The molecule has 3 heteroatoms. The van der Waals surface area contributed by atoms with E-state index in [1.54, 1.807) is 0 Å². The van der Waals surface area contributed by atoms with Crippen molar-refractivity contribution >= 4 is 0 Å². The summed E-state index contributed by atoms with van der Waals surface area (Å²) in [4.78, 5) is 0. The van der Waals surface area contributed by atoms with Crippen LogP contribution in [0.3, 0.4) is 0 Å². The molecule has 0 aromatic heterocycles. The smallest absolute Gasteiger partial charge is 0.0787 e. The van der Waals surface area contributed by atoms with Gasteiger partial charge in [0, 0.05) is 6.61 Å². The van der Waals surface area contributed by atoms with Crippen molar-refractivity contribution in [3.05, 3.63) is 0 Å². The highest BCUT2D eigenvalue weighted by atomic mass is 16.2. The number of aliphatic hydroxyl groups excluding tert-OH is 1. The lowest BCUT2D eigenvalue weighted by Crippen LogP contribution is -2.50. The molecule has 0 atom stereocenters. The van der Waals surface area contributed by atoms with Crippen LogP contribution in [0.25, 0.3) is 0 Å². The first-order valence-electron chi connectivity index (χ1n) is 8.20. The molecule has 0 saturated carbocycles. The lowest BCUT2D eigenvalue weighted by atomic mass is 10.1. The van der Waals surface area contributed by atoms with E-state index in [1.807, 2.05) is 0 Å². The zero-order valence-corrected chi connectivity index (χ0v) is 13.5. The van der Waals surface area contributed by atoms with Crippen molar-refractivity contribution < 1.29 is 15.1 Å². The Labute approximate surface area is 120 Å². The minimum Gasteiger partial charge on any atom is -0.870 e. The Hall–Kier alpha value is -0.120. The molecule has 0 unspecified atom stereocenters. The van der Waals surface area contributed by atoms with Crippen molar-refractivity contribution in [3.8, 4) is 0 Å². The highest BCUT2D eigenvalue weighted by Crippen LogP contribution is 2.16. The van der Waals surface area contributed by atoms with Gasteiger partial charge in [-0.3, -0.25) is 0 Å². The van der Waals surface area contributed by atoms with Gasteiger partial charge in [-0.05, 0) is 32.1 Å². The maximum atomic E-state index is 8.98. The molecule has 2 N–H and O–H groups in total. The molecule has 0 amide bonds. The van der Waals surface area contributed by atoms with Gasteiger partial charge in [-0.15, -0.1) is 0 Å². The molecular weight excluding hydrogens is 238 g/mol. The van der Waals surface area contributed by atoms with Crippen molar-refractivity contribution in [2.75, 3.05) is 32.8 Å². The summed E-state index contributed by atoms with van der Waals surface area (Å²) in [6.07, 6.45) is 10.1. The first kappa shape index (κ1) is 21.2. The predicted octanol–water partition coefficient (Wildman–Crippen LogP) is 3.80. The number of quaternary nitrogens is 1. The average molecular weight is 275 g/mol. The summed E-state index contributed by atoms with van der Waals surface area (Å²) in [5.41, 5.74) is 0. The molecule has 3 nitrogen and oxygen atoms in total. The fourth-order valence-corrected chi connectivity index (χ4v) is 2.71. The third kappa shape index (κ3) is 10.3. The molecule has 0 aromatic rings. The average Bonchev–Trinajstić information content (AvgIpc) is 2.40. The fourth-order valence-electron chi connectivity index (χ4n) is 2.71. The molecule has 0 saturated heterocycles. The lowest BCUT2D eigenvalue weighted by Gasteiger charge is -2.39. The number of hydrogen-bond acceptors (Lipinski definition) is 2. The Morgan fingerprint density at radius 2 is 1.00 bits per heavy atom. The Morgan fingerprint density at radius 1 is 0.632 bits per heavy atom. The summed E-state index contributed by atoms with van der Waals surface area (Å²) in [7, 11) is 0. The van der Waals surface area contributed by atoms with Crippen LogP contribution in [0.4, 0.5) is 0 Å². The summed E-state index contributed by atoms with van der Waals surface area (Å²) < 4.78 is 1.32. The van der Waals surface area contributed by atoms with E-state index in [9.17, 15) is 0 Å². The van der Waals surface area contributed by atoms with Crippen molar-refractivity contribution in [1.29, 1.82) is 0 Å². The Bertz CT molecular complexity index is 152. The quantitative estimate of drug-likeness (QED) is 0.410. The first-order chi connectivity index (χ1) is 8.74. The molecule has 0 heterocycles. The van der Waals surface area contributed by atoms with Crippen molar-refractivity contribution in [1.82, 2.24) is 0 Å². The number of unbranched alkanes of at least 4 members (excludes halogenated alkanes) is 4. The van der Waals surface area contributed by atoms with Gasteiger partial charge in [0.25, 0.3) is 0 Å². The van der Waals surface area contributed by atoms with Gasteiger partial charge in [0.1, 0.15) is 0 Å². The third-order valence-electron chi connectivity index (χ3n) is 4.00. The zero-order chi connectivity index (χ0) is 13.7. The fraction of sp³-hybridized carbons (Fsp3) is 1.00. The van der Waals surface area contributed by atoms with E-state index in [-0.39, 0.29) is 5.48 Å². The van der Waals surface area contributed by atoms with Gasteiger partial charge in [0.15, 0.2) is 0 Å². The highest BCUT2D eigenvalue weighted by Gasteiger charge is 2.24. The maximum absolute atomic E-state index is 8.98. The molecule has 0 aliphatic rings. The van der Waals surface area contributed by atoms with E-state index in [0.29, 0.717) is 6.61 Å². The molecule has 118 valence electrons. The van der Waals surface area contributed by atoms with Gasteiger partial charge < -0.3 is 15.1 Å². The van der Waals surface area contributed by atoms with E-state index >= 15 is 0 Å². The molecule has 0 rings (SSSR count). The minimum atomic E-state index is 0. The molecule has 0 aliphatic heterocycles. The first-order valence-corrected chi connectivity index (χ1v) is 8.20. The molecule has 0 aromatic carbocycles. The summed E-state index contributed by atoms with van der Waals surface area (Å²) >= 11 is 0. The van der Waals surface area contributed by atoms with Gasteiger partial charge >= 0.3 is 0 Å². The SMILES string of the molecule is CCCC[N+](CCCC)(CCCC)CCCCO.[OH-]. The van der Waals surface area contributed by atoms with Gasteiger partial charge in [0.2, 0.25) is 0 Å². The monoisotopic (exact) mass is 275 g/mol. The Kier molecular flexibility index (Phi) is 15.9. The van der Waals surface area contributed by atoms with E-state index in [2.05, 4.69) is 20.8 Å². The second-order valence-corrected chi connectivity index (χ2v) is 5.73. The van der Waals surface area contributed by atoms with E-state index in [1.165, 1.54) is 75.6 Å². The standard InChI is InChI=1S/C16H36NO.H2O/c1-4-7-12-17(13-8-5-2,14-9-6-3)15-10-11-16-18;/h18H,4-16H2,1-3H3;1H2/q+1;/p-1. The molecular formula is C16H37NO2. The van der Waals surface area contributed by atoms with Crippen LogP contribution in [-0.4, -0.2) is 47.9 Å². The topological polar surface area (TPSA) is 50.2 Å². The van der Waals surface area contributed by atoms with Crippen LogP contribution in [0.2, 0.25) is 0 Å². The Balaban J connectivity index is 0. The van der Waals surface area contributed by atoms with Gasteiger partial charge in [0.05, 0.1) is 26.2 Å². The number of rotatable bonds is 13. The van der Waals surface area contributed by atoms with E-state index in [0.717, 1.165) is 6.42 Å². The van der Waals surface area contributed by atoms with E-state index < -0.39 is 0 Å². The van der Waals surface area contributed by atoms with Crippen molar-refractivity contribution in [3.63, 3.8) is 0 Å². The number of nitrogens with zero attached hydrogens (tertiary/aromatic N) is 1. The predicted molar refractivity (Wildman–Crippen MR) is 82.7 cm³/mol. The molecule has 0 spiro atoms. The van der Waals surface area contributed by atoms with Gasteiger partial charge in [-0.2, -0.15) is 0 Å². The Morgan fingerprint density at radius 3 is 1.32 bits per heavy atom. The van der Waals surface area contributed by atoms with Gasteiger partial charge in [-0.25, -0.2) is 0 Å². The van der Waals surface area contributed by atoms with Crippen molar-refractivity contribution in [2.24, 2.45) is 0 Å². The van der Waals surface area contributed by atoms with E-state index in [4.69, 9.17) is 5.11 Å². The molecule has 0 radical (unpaired) electrons. The van der Waals surface area contributed by atoms with Crippen molar-refractivity contribution in [2.45, 2.75) is 72.1 Å². The number of aliphatic hydroxyl groups is 1. The van der Waals surface area contributed by atoms with Crippen LogP contribution >= 0.6 is 0 Å². The summed E-state index contributed by atoms with van der Waals surface area (Å²) in [6, 6.07) is 0. The molecule has 0 bridgehead atoms. The maximum Gasteiger partial charge on any atom is 0.0787 e. The van der Waals surface area contributed by atoms with Crippen LogP contribution in [-0.2, 0) is 0 Å². The van der Waals surface area contributed by atoms with Crippen LogP contribution in [0, 0.1) is 0 Å². The highest BCUT2D eigenvalue weighted by molar-refractivity contribution is 4.50. The third-order valence-corrected chi connectivity index (χ3v) is 4.00. The summed E-state index contributed by atoms with van der Waals surface area (Å²) in [5, 5.41) is 8.98. The van der Waals surface area contributed by atoms with Crippen LogP contribution < -0.4 is 0 Å². The van der Waals surface area contributed by atoms with Crippen LogP contribution in [0.5, 0.6) is 0 Å². The zero-order valence-electron chi connectivity index (χ0n) is 13.5. The second-order valence-electron chi connectivity index (χ2n) is 5.73. The summed E-state index contributed by atoms with van der Waals surface area (Å²) in [5.74, 6) is 0. The largest absolute Gasteiger partial charge is 0.870 e. The van der Waals surface area contributed by atoms with Crippen LogP contribution in [0.1, 0.15) is 72.1 Å². The molecule has 0 aliphatic carbocycles. The normalized spacial score (nSPS) is 11.4.